The van der Waals surface area contributed by atoms with Crippen LogP contribution in [-0.4, -0.2) is 60.7 Å². The molecule has 25 heavy (non-hydrogen) atoms. The maximum Gasteiger partial charge on any atom is 0.244 e. The Morgan fingerprint density at radius 3 is 2.76 bits per heavy atom. The largest absolute Gasteiger partial charge is 0.337 e. The van der Waals surface area contributed by atoms with Crippen molar-refractivity contribution < 1.29 is 12.9 Å². The van der Waals surface area contributed by atoms with Crippen LogP contribution in [0.25, 0.3) is 11.4 Å². The van der Waals surface area contributed by atoms with Crippen molar-refractivity contribution >= 4 is 10.0 Å². The lowest BCUT2D eigenvalue weighted by molar-refractivity contribution is 0.208. The molecule has 1 aromatic heterocycles. The fourth-order valence-corrected chi connectivity index (χ4v) is 3.94. The summed E-state index contributed by atoms with van der Waals surface area (Å²) in [7, 11) is -0.0147. The normalized spacial score (nSPS) is 18.9. The van der Waals surface area contributed by atoms with Crippen LogP contribution < -0.4 is 0 Å². The number of likely N-dealkylation sites (tertiary alicyclic amines) is 1. The van der Waals surface area contributed by atoms with Crippen LogP contribution >= 0.6 is 0 Å². The van der Waals surface area contributed by atoms with E-state index in [1.807, 2.05) is 30.3 Å². The molecule has 1 fully saturated rings. The fourth-order valence-electron chi connectivity index (χ4n) is 3.08. The van der Waals surface area contributed by atoms with E-state index in [1.54, 1.807) is 14.1 Å². The number of rotatable bonds is 7. The highest BCUT2D eigenvalue weighted by atomic mass is 32.2. The molecule has 0 radical (unpaired) electrons. The first-order chi connectivity index (χ1) is 12.0. The molecule has 0 spiro atoms. The van der Waals surface area contributed by atoms with Gasteiger partial charge in [-0.1, -0.05) is 35.5 Å². The molecule has 0 unspecified atom stereocenters. The lowest BCUT2D eigenvalue weighted by atomic mass is 10.2. The number of hydrogen-bond donors (Lipinski definition) is 0. The molecule has 3 rings (SSSR count). The van der Waals surface area contributed by atoms with Crippen LogP contribution in [0.3, 0.4) is 0 Å². The van der Waals surface area contributed by atoms with Gasteiger partial charge in [0.25, 0.3) is 0 Å². The van der Waals surface area contributed by atoms with Gasteiger partial charge in [0.05, 0.1) is 11.8 Å². The van der Waals surface area contributed by atoms with Crippen molar-refractivity contribution in [1.29, 1.82) is 0 Å². The van der Waals surface area contributed by atoms with E-state index >= 15 is 0 Å². The summed E-state index contributed by atoms with van der Waals surface area (Å²) >= 11 is 0. The monoisotopic (exact) mass is 364 g/mol. The van der Waals surface area contributed by atoms with Gasteiger partial charge in [-0.15, -0.1) is 0 Å². The van der Waals surface area contributed by atoms with Crippen LogP contribution in [0.15, 0.2) is 34.9 Å². The zero-order chi connectivity index (χ0) is 17.9. The highest BCUT2D eigenvalue weighted by Gasteiger charge is 2.30. The van der Waals surface area contributed by atoms with Crippen LogP contribution in [0.1, 0.15) is 31.2 Å². The van der Waals surface area contributed by atoms with Gasteiger partial charge >= 0.3 is 0 Å². The molecule has 1 atom stereocenters. The molecule has 1 aliphatic rings. The first-order valence-corrected chi connectivity index (χ1v) is 10.1. The second-order valence-electron chi connectivity index (χ2n) is 6.47. The quantitative estimate of drug-likeness (QED) is 0.749. The van der Waals surface area contributed by atoms with Gasteiger partial charge in [0.1, 0.15) is 0 Å². The van der Waals surface area contributed by atoms with Crippen LogP contribution in [0.2, 0.25) is 0 Å². The van der Waals surface area contributed by atoms with Crippen LogP contribution in [0, 0.1) is 0 Å². The van der Waals surface area contributed by atoms with Gasteiger partial charge in [-0.05, 0) is 32.4 Å². The van der Waals surface area contributed by atoms with E-state index in [4.69, 9.17) is 4.52 Å². The van der Waals surface area contributed by atoms with Crippen LogP contribution in [0.5, 0.6) is 0 Å². The van der Waals surface area contributed by atoms with Crippen molar-refractivity contribution in [1.82, 2.24) is 19.3 Å². The Morgan fingerprint density at radius 2 is 2.04 bits per heavy atom. The van der Waals surface area contributed by atoms with Gasteiger partial charge in [0.15, 0.2) is 0 Å². The molecule has 8 heteroatoms. The van der Waals surface area contributed by atoms with E-state index in [0.717, 1.165) is 24.9 Å². The Labute approximate surface area is 148 Å². The SMILES string of the molecule is CN(C)S(=O)(=O)CCCN1CCC[C@H]1c1nc(-c2ccccc2)no1. The molecular weight excluding hydrogens is 340 g/mol. The molecular formula is C17H24N4O3S. The maximum atomic E-state index is 11.9. The Morgan fingerprint density at radius 1 is 1.28 bits per heavy atom. The minimum absolute atomic E-state index is 0.0759. The highest BCUT2D eigenvalue weighted by Crippen LogP contribution is 2.32. The maximum absolute atomic E-state index is 11.9. The first-order valence-electron chi connectivity index (χ1n) is 8.50. The summed E-state index contributed by atoms with van der Waals surface area (Å²) in [5.41, 5.74) is 0.930. The first kappa shape index (κ1) is 18.0. The van der Waals surface area contributed by atoms with Gasteiger partial charge < -0.3 is 4.52 Å². The number of sulfonamides is 1. The third-order valence-electron chi connectivity index (χ3n) is 4.53. The summed E-state index contributed by atoms with van der Waals surface area (Å²) < 4.78 is 30.5. The van der Waals surface area contributed by atoms with E-state index in [9.17, 15) is 8.42 Å². The Kier molecular flexibility index (Phi) is 5.51. The predicted octanol–water partition coefficient (Wildman–Crippen LogP) is 2.16. The second kappa shape index (κ2) is 7.63. The molecule has 1 saturated heterocycles. The molecule has 0 amide bonds. The van der Waals surface area contributed by atoms with Crippen molar-refractivity contribution in [3.8, 4) is 11.4 Å². The van der Waals surface area contributed by atoms with Crippen molar-refractivity contribution in [2.24, 2.45) is 0 Å². The molecule has 2 heterocycles. The average molecular weight is 364 g/mol. The van der Waals surface area contributed by atoms with Crippen LogP contribution in [0.4, 0.5) is 0 Å². The minimum Gasteiger partial charge on any atom is -0.337 e. The second-order valence-corrected chi connectivity index (χ2v) is 8.77. The van der Waals surface area contributed by atoms with Gasteiger partial charge in [0.2, 0.25) is 21.7 Å². The zero-order valence-corrected chi connectivity index (χ0v) is 15.4. The van der Waals surface area contributed by atoms with E-state index in [0.29, 0.717) is 24.7 Å². The predicted molar refractivity (Wildman–Crippen MR) is 95.4 cm³/mol. The number of benzene rings is 1. The molecule has 0 bridgehead atoms. The Hall–Kier alpha value is -1.77. The van der Waals surface area contributed by atoms with Gasteiger partial charge in [-0.3, -0.25) is 4.90 Å². The van der Waals surface area contributed by atoms with E-state index < -0.39 is 10.0 Å². The number of nitrogens with zero attached hydrogens (tertiary/aromatic N) is 4. The summed E-state index contributed by atoms with van der Waals surface area (Å²) in [6.07, 6.45) is 2.60. The lowest BCUT2D eigenvalue weighted by Crippen LogP contribution is -2.29. The molecule has 0 N–H and O–H groups in total. The molecule has 2 aromatic rings. The van der Waals surface area contributed by atoms with Gasteiger partial charge in [-0.2, -0.15) is 4.98 Å². The van der Waals surface area contributed by atoms with E-state index in [-0.39, 0.29) is 11.8 Å². The summed E-state index contributed by atoms with van der Waals surface area (Å²) in [5.74, 6) is 1.37. The zero-order valence-electron chi connectivity index (χ0n) is 14.6. The molecule has 136 valence electrons. The summed E-state index contributed by atoms with van der Waals surface area (Å²) in [4.78, 5) is 6.80. The Bertz CT molecular complexity index is 789. The molecule has 7 nitrogen and oxygen atoms in total. The molecule has 0 saturated carbocycles. The van der Waals surface area contributed by atoms with Crippen molar-refractivity contribution in [2.75, 3.05) is 32.9 Å². The third-order valence-corrected chi connectivity index (χ3v) is 6.44. The summed E-state index contributed by atoms with van der Waals surface area (Å²) in [5, 5.41) is 4.09. The number of aromatic nitrogens is 2. The summed E-state index contributed by atoms with van der Waals surface area (Å²) in [6, 6.07) is 9.81. The summed E-state index contributed by atoms with van der Waals surface area (Å²) in [6.45, 7) is 1.64. The molecule has 1 aliphatic heterocycles. The lowest BCUT2D eigenvalue weighted by Gasteiger charge is -2.21. The molecule has 0 aliphatic carbocycles. The number of hydrogen-bond acceptors (Lipinski definition) is 6. The third kappa shape index (κ3) is 4.26. The Balaban J connectivity index is 1.63. The average Bonchev–Trinajstić information content (AvgIpc) is 3.24. The smallest absolute Gasteiger partial charge is 0.244 e. The van der Waals surface area contributed by atoms with Gasteiger partial charge in [-0.25, -0.2) is 12.7 Å². The van der Waals surface area contributed by atoms with Gasteiger partial charge in [0, 0.05) is 19.7 Å². The van der Waals surface area contributed by atoms with E-state index in [1.165, 1.54) is 4.31 Å². The van der Waals surface area contributed by atoms with Crippen LogP contribution in [-0.2, 0) is 10.0 Å². The van der Waals surface area contributed by atoms with Crippen molar-refractivity contribution in [3.05, 3.63) is 36.2 Å². The highest BCUT2D eigenvalue weighted by molar-refractivity contribution is 7.89. The minimum atomic E-state index is -3.15. The topological polar surface area (TPSA) is 79.5 Å². The van der Waals surface area contributed by atoms with Crippen molar-refractivity contribution in [2.45, 2.75) is 25.3 Å². The van der Waals surface area contributed by atoms with E-state index in [2.05, 4.69) is 15.0 Å². The molecule has 1 aromatic carbocycles. The standard InChI is InChI=1S/C17H24N4O3S/c1-20(2)25(22,23)13-7-12-21-11-6-10-15(21)17-18-16(19-24-17)14-8-4-3-5-9-14/h3-5,8-9,15H,6-7,10-13H2,1-2H3/t15-/m0/s1. The van der Waals surface area contributed by atoms with Crippen molar-refractivity contribution in [3.63, 3.8) is 0 Å². The fraction of sp³-hybridized carbons (Fsp3) is 0.529.